The second-order valence-electron chi connectivity index (χ2n) is 4.88. The van der Waals surface area contributed by atoms with Crippen molar-refractivity contribution in [2.75, 3.05) is 6.54 Å². The lowest BCUT2D eigenvalue weighted by Gasteiger charge is -2.25. The van der Waals surface area contributed by atoms with E-state index in [9.17, 15) is 9.50 Å². The van der Waals surface area contributed by atoms with E-state index in [1.165, 1.54) is 12.1 Å². The van der Waals surface area contributed by atoms with Crippen LogP contribution in [0.15, 0.2) is 40.9 Å². The lowest BCUT2D eigenvalue weighted by atomic mass is 9.87. The second kappa shape index (κ2) is 6.88. The van der Waals surface area contributed by atoms with Gasteiger partial charge in [-0.15, -0.1) is 0 Å². The fourth-order valence-corrected chi connectivity index (χ4v) is 3.12. The molecule has 0 saturated heterocycles. The fourth-order valence-electron chi connectivity index (χ4n) is 2.43. The van der Waals surface area contributed by atoms with Crippen molar-refractivity contribution in [2.45, 2.75) is 18.9 Å². The van der Waals surface area contributed by atoms with Gasteiger partial charge in [0.15, 0.2) is 0 Å². The molecule has 2 aromatic rings. The third-order valence-electron chi connectivity index (χ3n) is 3.63. The van der Waals surface area contributed by atoms with Gasteiger partial charge in [0.25, 0.3) is 0 Å². The molecule has 0 aliphatic carbocycles. The molecular formula is C16H16BrClFNO. The molecule has 0 saturated carbocycles. The van der Waals surface area contributed by atoms with Gasteiger partial charge >= 0.3 is 0 Å². The summed E-state index contributed by atoms with van der Waals surface area (Å²) in [6.45, 7) is 1.98. The zero-order valence-electron chi connectivity index (χ0n) is 11.5. The van der Waals surface area contributed by atoms with Crippen LogP contribution in [0, 0.1) is 12.7 Å². The predicted molar refractivity (Wildman–Crippen MR) is 87.0 cm³/mol. The molecule has 2 atom stereocenters. The molecule has 0 aliphatic rings. The number of hydrogen-bond donors (Lipinski definition) is 2. The summed E-state index contributed by atoms with van der Waals surface area (Å²) < 4.78 is 15.0. The Morgan fingerprint density at radius 2 is 1.95 bits per heavy atom. The van der Waals surface area contributed by atoms with E-state index in [0.29, 0.717) is 5.56 Å². The zero-order valence-corrected chi connectivity index (χ0v) is 13.8. The molecule has 0 fully saturated rings. The quantitative estimate of drug-likeness (QED) is 0.839. The average molecular weight is 373 g/mol. The van der Waals surface area contributed by atoms with E-state index in [2.05, 4.69) is 15.9 Å². The van der Waals surface area contributed by atoms with Crippen LogP contribution in [-0.4, -0.2) is 11.7 Å². The summed E-state index contributed by atoms with van der Waals surface area (Å²) in [6.07, 6.45) is -0.929. The molecular weight excluding hydrogens is 357 g/mol. The highest BCUT2D eigenvalue weighted by Crippen LogP contribution is 2.37. The first-order valence-electron chi connectivity index (χ1n) is 6.54. The van der Waals surface area contributed by atoms with Crippen molar-refractivity contribution in [1.29, 1.82) is 0 Å². The SMILES string of the molecule is Cc1c(Br)cccc1C(O)C(CN)c1c(F)cccc1Cl. The maximum Gasteiger partial charge on any atom is 0.128 e. The summed E-state index contributed by atoms with van der Waals surface area (Å²) in [5.41, 5.74) is 7.64. The molecule has 0 heterocycles. The van der Waals surface area contributed by atoms with Gasteiger partial charge in [-0.1, -0.05) is 45.7 Å². The largest absolute Gasteiger partial charge is 0.388 e. The first kappa shape index (κ1) is 16.4. The highest BCUT2D eigenvalue weighted by molar-refractivity contribution is 9.10. The van der Waals surface area contributed by atoms with Crippen LogP contribution in [0.25, 0.3) is 0 Å². The van der Waals surface area contributed by atoms with Gasteiger partial charge in [0.2, 0.25) is 0 Å². The minimum atomic E-state index is -0.929. The monoisotopic (exact) mass is 371 g/mol. The van der Waals surface area contributed by atoms with Gasteiger partial charge in [-0.3, -0.25) is 0 Å². The van der Waals surface area contributed by atoms with Crippen molar-refractivity contribution in [3.05, 3.63) is 68.4 Å². The van der Waals surface area contributed by atoms with Crippen LogP contribution >= 0.6 is 27.5 Å². The smallest absolute Gasteiger partial charge is 0.128 e. The van der Waals surface area contributed by atoms with Crippen LogP contribution < -0.4 is 5.73 Å². The topological polar surface area (TPSA) is 46.2 Å². The number of aliphatic hydroxyl groups excluding tert-OH is 1. The molecule has 112 valence electrons. The first-order chi connectivity index (χ1) is 9.97. The Hall–Kier alpha value is -0.940. The normalized spacial score (nSPS) is 14.0. The highest BCUT2D eigenvalue weighted by Gasteiger charge is 2.27. The van der Waals surface area contributed by atoms with E-state index in [4.69, 9.17) is 17.3 Å². The number of benzene rings is 2. The van der Waals surface area contributed by atoms with Crippen LogP contribution in [0.1, 0.15) is 28.7 Å². The third-order valence-corrected chi connectivity index (χ3v) is 4.82. The van der Waals surface area contributed by atoms with E-state index in [1.807, 2.05) is 25.1 Å². The Labute approximate surface area is 136 Å². The number of rotatable bonds is 4. The maximum atomic E-state index is 14.1. The van der Waals surface area contributed by atoms with Crippen LogP contribution in [0.2, 0.25) is 5.02 Å². The van der Waals surface area contributed by atoms with Crippen molar-refractivity contribution < 1.29 is 9.50 Å². The van der Waals surface area contributed by atoms with E-state index in [0.717, 1.165) is 10.0 Å². The molecule has 2 aromatic carbocycles. The van der Waals surface area contributed by atoms with E-state index < -0.39 is 17.8 Å². The zero-order chi connectivity index (χ0) is 15.6. The minimum absolute atomic E-state index is 0.0910. The Kier molecular flexibility index (Phi) is 5.38. The van der Waals surface area contributed by atoms with Crippen molar-refractivity contribution in [3.63, 3.8) is 0 Å². The summed E-state index contributed by atoms with van der Waals surface area (Å²) in [5, 5.41) is 10.9. The molecule has 0 bridgehead atoms. The van der Waals surface area contributed by atoms with Crippen molar-refractivity contribution in [3.8, 4) is 0 Å². The van der Waals surface area contributed by atoms with Gasteiger partial charge in [-0.05, 0) is 36.2 Å². The average Bonchev–Trinajstić information content (AvgIpc) is 2.45. The van der Waals surface area contributed by atoms with Crippen LogP contribution in [0.4, 0.5) is 4.39 Å². The van der Waals surface area contributed by atoms with Gasteiger partial charge in [-0.2, -0.15) is 0 Å². The Morgan fingerprint density at radius 1 is 1.29 bits per heavy atom. The summed E-state index contributed by atoms with van der Waals surface area (Å²) >= 11 is 9.52. The number of nitrogens with two attached hydrogens (primary N) is 1. The maximum absolute atomic E-state index is 14.1. The summed E-state index contributed by atoms with van der Waals surface area (Å²) in [7, 11) is 0. The van der Waals surface area contributed by atoms with Crippen molar-refractivity contribution in [2.24, 2.45) is 5.73 Å². The molecule has 2 unspecified atom stereocenters. The van der Waals surface area contributed by atoms with Gasteiger partial charge in [-0.25, -0.2) is 4.39 Å². The first-order valence-corrected chi connectivity index (χ1v) is 7.71. The highest BCUT2D eigenvalue weighted by atomic mass is 79.9. The fraction of sp³-hybridized carbons (Fsp3) is 0.250. The molecule has 2 nitrogen and oxygen atoms in total. The van der Waals surface area contributed by atoms with Crippen LogP contribution in [-0.2, 0) is 0 Å². The predicted octanol–water partition coefficient (Wildman–Crippen LogP) is 4.33. The van der Waals surface area contributed by atoms with Gasteiger partial charge in [0.1, 0.15) is 5.82 Å². The van der Waals surface area contributed by atoms with Gasteiger partial charge in [0.05, 0.1) is 6.10 Å². The van der Waals surface area contributed by atoms with Crippen LogP contribution in [0.3, 0.4) is 0 Å². The van der Waals surface area contributed by atoms with Crippen molar-refractivity contribution in [1.82, 2.24) is 0 Å². The molecule has 21 heavy (non-hydrogen) atoms. The summed E-state index contributed by atoms with van der Waals surface area (Å²) in [4.78, 5) is 0. The third kappa shape index (κ3) is 3.29. The Morgan fingerprint density at radius 3 is 2.57 bits per heavy atom. The summed E-state index contributed by atoms with van der Waals surface area (Å²) in [6, 6.07) is 9.98. The van der Waals surface area contributed by atoms with Gasteiger partial charge in [0, 0.05) is 27.5 Å². The minimum Gasteiger partial charge on any atom is -0.388 e. The molecule has 3 N–H and O–H groups in total. The van der Waals surface area contributed by atoms with E-state index in [-0.39, 0.29) is 17.1 Å². The van der Waals surface area contributed by atoms with Crippen LogP contribution in [0.5, 0.6) is 0 Å². The van der Waals surface area contributed by atoms with Crippen molar-refractivity contribution >= 4 is 27.5 Å². The molecule has 0 radical (unpaired) electrons. The Bertz CT molecular complexity index is 630. The van der Waals surface area contributed by atoms with E-state index >= 15 is 0 Å². The lowest BCUT2D eigenvalue weighted by Crippen LogP contribution is -2.22. The summed E-state index contributed by atoms with van der Waals surface area (Å²) in [5.74, 6) is -1.06. The molecule has 0 amide bonds. The molecule has 0 aromatic heterocycles. The lowest BCUT2D eigenvalue weighted by molar-refractivity contribution is 0.145. The van der Waals surface area contributed by atoms with E-state index in [1.54, 1.807) is 6.07 Å². The standard InChI is InChI=1S/C16H16BrClFNO/c1-9-10(4-2-5-12(9)17)16(21)11(8-20)15-13(18)6-3-7-14(15)19/h2-7,11,16,21H,8,20H2,1H3. The molecule has 5 heteroatoms. The molecule has 0 spiro atoms. The second-order valence-corrected chi connectivity index (χ2v) is 6.14. The molecule has 2 rings (SSSR count). The Balaban J connectivity index is 2.48. The van der Waals surface area contributed by atoms with Gasteiger partial charge < -0.3 is 10.8 Å². The number of halogens is 3. The number of aliphatic hydroxyl groups is 1. The molecule has 0 aliphatic heterocycles. The number of hydrogen-bond acceptors (Lipinski definition) is 2.